The topological polar surface area (TPSA) is 207 Å². The number of rotatable bonds is 22. The Kier molecular flexibility index (Phi) is 21.8. The number of hydrogen-bond donors (Lipinski definition) is 5. The van der Waals surface area contributed by atoms with E-state index in [1.54, 1.807) is 41.5 Å². The average molecular weight is 742 g/mol. The summed E-state index contributed by atoms with van der Waals surface area (Å²) in [5, 5.41) is 12.9. The average Bonchev–Trinajstić information content (AvgIpc) is 3.03. The molecule has 0 saturated heterocycles. The van der Waals surface area contributed by atoms with Crippen molar-refractivity contribution in [2.75, 3.05) is 13.7 Å². The van der Waals surface area contributed by atoms with Gasteiger partial charge in [0.25, 0.3) is 0 Å². The molecule has 0 saturated carbocycles. The highest BCUT2D eigenvalue weighted by atomic mass is 16.6. The first kappa shape index (κ1) is 48.1. The second kappa shape index (κ2) is 23.6. The summed E-state index contributed by atoms with van der Waals surface area (Å²) in [6, 6.07) is -4.01. The maximum absolute atomic E-state index is 13.4. The van der Waals surface area contributed by atoms with Crippen LogP contribution >= 0.6 is 0 Å². The summed E-state index contributed by atoms with van der Waals surface area (Å²) in [7, 11) is 1.20. The Morgan fingerprint density at radius 3 is 1.81 bits per heavy atom. The molecule has 0 aliphatic carbocycles. The van der Waals surface area contributed by atoms with Crippen LogP contribution in [-0.4, -0.2) is 91.2 Å². The third-order valence-electron chi connectivity index (χ3n) is 8.26. The molecule has 0 aliphatic heterocycles. The second-order valence-electron chi connectivity index (χ2n) is 15.3. The van der Waals surface area contributed by atoms with Crippen LogP contribution in [0.15, 0.2) is 0 Å². The molecular weight excluding hydrogens is 674 g/mol. The van der Waals surface area contributed by atoms with Gasteiger partial charge in [0.05, 0.1) is 19.6 Å². The van der Waals surface area contributed by atoms with Gasteiger partial charge in [0.15, 0.2) is 0 Å². The van der Waals surface area contributed by atoms with Crippen molar-refractivity contribution in [3.05, 3.63) is 0 Å². The summed E-state index contributed by atoms with van der Waals surface area (Å²) in [6.45, 7) is 20.4. The Morgan fingerprint density at radius 1 is 0.692 bits per heavy atom. The van der Waals surface area contributed by atoms with Gasteiger partial charge in [-0.05, 0) is 65.2 Å². The predicted molar refractivity (Wildman–Crippen MR) is 197 cm³/mol. The van der Waals surface area contributed by atoms with Crippen LogP contribution in [0.2, 0.25) is 0 Å². The number of methoxy groups -OCH3 is 1. The third-order valence-corrected chi connectivity index (χ3v) is 8.26. The molecule has 52 heavy (non-hydrogen) atoms. The van der Waals surface area contributed by atoms with Crippen LogP contribution in [0.25, 0.3) is 0 Å². The maximum atomic E-state index is 13.4. The van der Waals surface area contributed by atoms with Gasteiger partial charge in [-0.25, -0.2) is 14.4 Å². The molecule has 0 aromatic heterocycles. The van der Waals surface area contributed by atoms with Gasteiger partial charge in [-0.1, -0.05) is 74.1 Å². The Bertz CT molecular complexity index is 1190. The lowest BCUT2D eigenvalue weighted by atomic mass is 9.88. The van der Waals surface area contributed by atoms with Gasteiger partial charge in [-0.3, -0.25) is 19.2 Å². The minimum absolute atomic E-state index is 0.0142. The molecule has 0 aliphatic rings. The smallest absolute Gasteiger partial charge is 0.408 e. The van der Waals surface area contributed by atoms with Crippen molar-refractivity contribution in [2.24, 2.45) is 23.7 Å². The highest BCUT2D eigenvalue weighted by Crippen LogP contribution is 2.24. The van der Waals surface area contributed by atoms with Gasteiger partial charge in [-0.15, -0.1) is 0 Å². The highest BCUT2D eigenvalue weighted by Gasteiger charge is 2.35. The Hall–Kier alpha value is -3.91. The van der Waals surface area contributed by atoms with E-state index in [1.807, 2.05) is 20.8 Å². The standard InChI is InChI=1S/C37H67N5O10/c1-14-15-16-17-18-23(6)30(51-35(48)26(9)40-36(49)52-37(10,11)12)24(7)31(44)38-20-28(43)42-29(22(4)5)33(46)41-27(19-21(2)3)32(45)39-25(8)34(47)50-13/h21-27,29-30H,14-20H2,1-13H3,(H,38,44)(H,39,45)(H,40,49)(H,41,46)(H,42,43)/t23-,24+,25-,26-,27-,29-,30+/m0/s1. The van der Waals surface area contributed by atoms with Gasteiger partial charge in [0.2, 0.25) is 23.6 Å². The van der Waals surface area contributed by atoms with E-state index in [0.717, 1.165) is 25.7 Å². The van der Waals surface area contributed by atoms with Crippen molar-refractivity contribution in [1.29, 1.82) is 0 Å². The van der Waals surface area contributed by atoms with Crippen LogP contribution in [0, 0.1) is 23.7 Å². The predicted octanol–water partition coefficient (Wildman–Crippen LogP) is 3.52. The van der Waals surface area contributed by atoms with E-state index in [1.165, 1.54) is 21.0 Å². The number of ether oxygens (including phenoxy) is 3. The van der Waals surface area contributed by atoms with E-state index in [9.17, 15) is 33.6 Å². The molecule has 0 unspecified atom stereocenters. The molecule has 0 fully saturated rings. The fraction of sp³-hybridized carbons (Fsp3) is 0.811. The maximum Gasteiger partial charge on any atom is 0.408 e. The van der Waals surface area contributed by atoms with Gasteiger partial charge in [0, 0.05) is 0 Å². The van der Waals surface area contributed by atoms with E-state index in [-0.39, 0.29) is 24.2 Å². The number of carbonyl (C=O) groups excluding carboxylic acids is 7. The van der Waals surface area contributed by atoms with E-state index in [0.29, 0.717) is 6.42 Å². The Labute approximate surface area is 310 Å². The number of unbranched alkanes of at least 4 members (excludes halogenated alkanes) is 3. The summed E-state index contributed by atoms with van der Waals surface area (Å²) in [6.07, 6.45) is 3.27. The third kappa shape index (κ3) is 19.1. The van der Waals surface area contributed by atoms with Gasteiger partial charge in [0.1, 0.15) is 35.9 Å². The molecule has 0 aromatic rings. The van der Waals surface area contributed by atoms with Crippen molar-refractivity contribution in [3.63, 3.8) is 0 Å². The van der Waals surface area contributed by atoms with Crippen molar-refractivity contribution >= 4 is 41.7 Å². The van der Waals surface area contributed by atoms with Crippen LogP contribution in [-0.2, 0) is 43.0 Å². The molecule has 5 amide bonds. The molecule has 15 heteroatoms. The number of alkyl carbamates (subject to hydrolysis) is 1. The highest BCUT2D eigenvalue weighted by molar-refractivity contribution is 5.94. The van der Waals surface area contributed by atoms with Crippen LogP contribution < -0.4 is 26.6 Å². The van der Waals surface area contributed by atoms with Gasteiger partial charge >= 0.3 is 18.0 Å². The van der Waals surface area contributed by atoms with E-state index in [4.69, 9.17) is 9.47 Å². The van der Waals surface area contributed by atoms with Crippen LogP contribution in [0.4, 0.5) is 4.79 Å². The Morgan fingerprint density at radius 2 is 1.29 bits per heavy atom. The lowest BCUT2D eigenvalue weighted by Crippen LogP contribution is -2.57. The summed E-state index contributed by atoms with van der Waals surface area (Å²) in [5.41, 5.74) is -0.764. The zero-order chi connectivity index (χ0) is 40.3. The number of esters is 2. The Balaban J connectivity index is 5.68. The SMILES string of the molecule is CCCCCC[C@H](C)[C@@H](OC(=O)[C@H](C)NC(=O)OC(C)(C)C)[C@@H](C)C(=O)NCC(=O)N[C@H](C(=O)N[C@@H](CC(C)C)C(=O)N[C@@H](C)C(=O)OC)C(C)C. The van der Waals surface area contributed by atoms with Crippen LogP contribution in [0.5, 0.6) is 0 Å². The summed E-state index contributed by atoms with van der Waals surface area (Å²) in [5.74, 6) is -5.18. The zero-order valence-corrected chi connectivity index (χ0v) is 33.7. The fourth-order valence-electron chi connectivity index (χ4n) is 5.30. The molecular formula is C37H67N5O10. The molecule has 0 radical (unpaired) electrons. The largest absolute Gasteiger partial charge is 0.467 e. The van der Waals surface area contributed by atoms with Crippen molar-refractivity contribution in [3.8, 4) is 0 Å². The summed E-state index contributed by atoms with van der Waals surface area (Å²) < 4.78 is 15.7. The quantitative estimate of drug-likeness (QED) is 0.0620. The normalized spacial score (nSPS) is 15.5. The number of nitrogens with one attached hydrogen (secondary N) is 5. The monoisotopic (exact) mass is 741 g/mol. The lowest BCUT2D eigenvalue weighted by Gasteiger charge is -2.30. The molecule has 300 valence electrons. The van der Waals surface area contributed by atoms with Crippen molar-refractivity contribution in [2.45, 2.75) is 157 Å². The van der Waals surface area contributed by atoms with E-state index >= 15 is 0 Å². The van der Waals surface area contributed by atoms with Crippen LogP contribution in [0.3, 0.4) is 0 Å². The van der Waals surface area contributed by atoms with Crippen LogP contribution in [0.1, 0.15) is 122 Å². The molecule has 0 bridgehead atoms. The van der Waals surface area contributed by atoms with E-state index < -0.39 is 90.0 Å². The summed E-state index contributed by atoms with van der Waals surface area (Å²) >= 11 is 0. The minimum atomic E-state index is -1.05. The zero-order valence-electron chi connectivity index (χ0n) is 33.7. The fourth-order valence-corrected chi connectivity index (χ4v) is 5.30. The van der Waals surface area contributed by atoms with Gasteiger partial charge < -0.3 is 40.8 Å². The lowest BCUT2D eigenvalue weighted by molar-refractivity contribution is -0.159. The summed E-state index contributed by atoms with van der Waals surface area (Å²) in [4.78, 5) is 89.9. The first-order valence-corrected chi connectivity index (χ1v) is 18.5. The van der Waals surface area contributed by atoms with E-state index in [2.05, 4.69) is 38.2 Å². The van der Waals surface area contributed by atoms with Gasteiger partial charge in [-0.2, -0.15) is 0 Å². The first-order valence-electron chi connectivity index (χ1n) is 18.5. The molecule has 0 rings (SSSR count). The second-order valence-corrected chi connectivity index (χ2v) is 15.3. The first-order chi connectivity index (χ1) is 24.0. The molecule has 0 aromatic carbocycles. The molecule has 7 atom stereocenters. The number of hydrogen-bond acceptors (Lipinski definition) is 10. The van der Waals surface area contributed by atoms with Crippen molar-refractivity contribution < 1.29 is 47.8 Å². The molecule has 0 spiro atoms. The van der Waals surface area contributed by atoms with Crippen molar-refractivity contribution in [1.82, 2.24) is 26.6 Å². The minimum Gasteiger partial charge on any atom is -0.467 e. The molecule has 15 nitrogen and oxygen atoms in total. The molecule has 5 N–H and O–H groups in total. The number of carbonyl (C=O) groups is 7. The number of amides is 5. The molecule has 0 heterocycles.